The molecule has 0 aromatic carbocycles. The van der Waals surface area contributed by atoms with Gasteiger partial charge in [0.05, 0.1) is 0 Å². The van der Waals surface area contributed by atoms with Crippen LogP contribution in [0.25, 0.3) is 0 Å². The Morgan fingerprint density at radius 3 is 2.10 bits per heavy atom. The van der Waals surface area contributed by atoms with Crippen molar-refractivity contribution >= 4 is 11.8 Å². The van der Waals surface area contributed by atoms with E-state index < -0.39 is 0 Å². The summed E-state index contributed by atoms with van der Waals surface area (Å²) in [5.41, 5.74) is 0. The van der Waals surface area contributed by atoms with Crippen LogP contribution in [0.5, 0.6) is 0 Å². The first-order valence-electron chi connectivity index (χ1n) is 4.55. The highest BCUT2D eigenvalue weighted by Gasteiger charge is 2.13. The van der Waals surface area contributed by atoms with Gasteiger partial charge in [0.2, 0.25) is 0 Å². The molecule has 0 saturated heterocycles. The van der Waals surface area contributed by atoms with Crippen molar-refractivity contribution in [3.8, 4) is 0 Å². The van der Waals surface area contributed by atoms with E-state index in [1.165, 1.54) is 31.4 Å². The topological polar surface area (TPSA) is 0 Å². The zero-order chi connectivity index (χ0) is 7.82. The van der Waals surface area contributed by atoms with E-state index in [1.807, 2.05) is 13.8 Å². The summed E-state index contributed by atoms with van der Waals surface area (Å²) in [6, 6.07) is 0. The fourth-order valence-corrected chi connectivity index (χ4v) is 2.43. The molecule has 0 spiro atoms. The smallest absolute Gasteiger partial charge is 0.00469 e. The van der Waals surface area contributed by atoms with Crippen molar-refractivity contribution in [1.29, 1.82) is 0 Å². The van der Waals surface area contributed by atoms with E-state index in [0.717, 1.165) is 5.25 Å². The summed E-state index contributed by atoms with van der Waals surface area (Å²) >= 11 is 2.14. The first-order valence-corrected chi connectivity index (χ1v) is 5.60. The van der Waals surface area contributed by atoms with Gasteiger partial charge in [0, 0.05) is 5.25 Å². The van der Waals surface area contributed by atoms with Gasteiger partial charge >= 0.3 is 0 Å². The molecular formula is C9H20S. The largest absolute Gasteiger partial charge is 0.159 e. The second-order valence-corrected chi connectivity index (χ2v) is 3.94. The molecule has 1 saturated carbocycles. The highest BCUT2D eigenvalue weighted by Crippen LogP contribution is 2.28. The molecule has 1 aliphatic carbocycles. The molecule has 10 heavy (non-hydrogen) atoms. The fraction of sp³-hybridized carbons (Fsp3) is 1.00. The molecule has 0 nitrogen and oxygen atoms in total. The maximum Gasteiger partial charge on any atom is 0.00469 e. The third kappa shape index (κ3) is 4.21. The zero-order valence-corrected chi connectivity index (χ0v) is 8.34. The average molecular weight is 160 g/mol. The van der Waals surface area contributed by atoms with Gasteiger partial charge in [0.15, 0.2) is 0 Å². The lowest BCUT2D eigenvalue weighted by Crippen LogP contribution is -1.92. The van der Waals surface area contributed by atoms with Crippen LogP contribution in [-0.4, -0.2) is 11.0 Å². The molecule has 0 aromatic heterocycles. The van der Waals surface area contributed by atoms with Crippen LogP contribution < -0.4 is 0 Å². The van der Waals surface area contributed by atoms with Crippen molar-refractivity contribution in [3.63, 3.8) is 0 Å². The Morgan fingerprint density at radius 1 is 1.20 bits per heavy atom. The van der Waals surface area contributed by atoms with E-state index in [0.29, 0.717) is 0 Å². The summed E-state index contributed by atoms with van der Waals surface area (Å²) < 4.78 is 0. The Hall–Kier alpha value is 0.350. The van der Waals surface area contributed by atoms with E-state index in [2.05, 4.69) is 18.7 Å². The lowest BCUT2D eigenvalue weighted by Gasteiger charge is -2.03. The van der Waals surface area contributed by atoms with Crippen LogP contribution >= 0.6 is 11.8 Å². The van der Waals surface area contributed by atoms with Crippen molar-refractivity contribution in [2.75, 3.05) is 5.75 Å². The maximum atomic E-state index is 2.25. The maximum absolute atomic E-state index is 2.25. The lowest BCUT2D eigenvalue weighted by molar-refractivity contribution is 0.886. The first-order chi connectivity index (χ1) is 4.93. The van der Waals surface area contributed by atoms with Gasteiger partial charge in [-0.1, -0.05) is 33.6 Å². The lowest BCUT2D eigenvalue weighted by atomic mass is 10.4. The molecule has 0 aromatic rings. The van der Waals surface area contributed by atoms with Gasteiger partial charge in [-0.2, -0.15) is 11.8 Å². The van der Waals surface area contributed by atoms with Crippen LogP contribution in [0.4, 0.5) is 0 Å². The molecule has 0 N–H and O–H groups in total. The van der Waals surface area contributed by atoms with Gasteiger partial charge in [-0.15, -0.1) is 0 Å². The predicted molar refractivity (Wildman–Crippen MR) is 51.7 cm³/mol. The summed E-state index contributed by atoms with van der Waals surface area (Å²) in [6.07, 6.45) is 5.94. The van der Waals surface area contributed by atoms with Gasteiger partial charge in [-0.25, -0.2) is 0 Å². The minimum atomic E-state index is 1.03. The third-order valence-electron chi connectivity index (χ3n) is 1.70. The minimum Gasteiger partial charge on any atom is -0.159 e. The molecule has 0 atom stereocenters. The number of rotatable bonds is 2. The molecule has 0 aliphatic heterocycles. The Bertz CT molecular complexity index is 55.7. The highest BCUT2D eigenvalue weighted by atomic mass is 32.2. The van der Waals surface area contributed by atoms with Crippen LogP contribution in [0.1, 0.15) is 46.5 Å². The van der Waals surface area contributed by atoms with Crippen molar-refractivity contribution in [1.82, 2.24) is 0 Å². The number of hydrogen-bond acceptors (Lipinski definition) is 1. The van der Waals surface area contributed by atoms with Crippen LogP contribution in [0, 0.1) is 0 Å². The van der Waals surface area contributed by atoms with Crippen LogP contribution in [-0.2, 0) is 0 Å². The summed E-state index contributed by atoms with van der Waals surface area (Å²) in [6.45, 7) is 6.25. The number of thioether (sulfide) groups is 1. The van der Waals surface area contributed by atoms with Crippen molar-refractivity contribution < 1.29 is 0 Å². The Balaban J connectivity index is 0.000000371. The third-order valence-corrected chi connectivity index (χ3v) is 2.98. The van der Waals surface area contributed by atoms with Crippen LogP contribution in [0.3, 0.4) is 0 Å². The molecule has 0 radical (unpaired) electrons. The van der Waals surface area contributed by atoms with Gasteiger partial charge in [0.1, 0.15) is 0 Å². The molecular weight excluding hydrogens is 140 g/mol. The van der Waals surface area contributed by atoms with E-state index in [4.69, 9.17) is 0 Å². The SMILES string of the molecule is CC.CCSC1CCCC1. The molecule has 1 aliphatic rings. The predicted octanol–water partition coefficient (Wildman–Crippen LogP) is 3.71. The van der Waals surface area contributed by atoms with Crippen molar-refractivity contribution in [3.05, 3.63) is 0 Å². The summed E-state index contributed by atoms with van der Waals surface area (Å²) in [5, 5.41) is 1.03. The molecule has 1 fully saturated rings. The van der Waals surface area contributed by atoms with E-state index in [1.54, 1.807) is 0 Å². The molecule has 0 heterocycles. The van der Waals surface area contributed by atoms with E-state index in [9.17, 15) is 0 Å². The van der Waals surface area contributed by atoms with Crippen LogP contribution in [0.2, 0.25) is 0 Å². The molecule has 1 rings (SSSR count). The second kappa shape index (κ2) is 7.46. The molecule has 1 heteroatoms. The molecule has 0 bridgehead atoms. The molecule has 0 unspecified atom stereocenters. The standard InChI is InChI=1S/C7H14S.C2H6/c1-2-8-7-5-3-4-6-7;1-2/h7H,2-6H2,1H3;1-2H3. The molecule has 0 amide bonds. The first kappa shape index (κ1) is 10.3. The quantitative estimate of drug-likeness (QED) is 0.593. The normalized spacial score (nSPS) is 18.3. The number of hydrogen-bond donors (Lipinski definition) is 0. The summed E-state index contributed by atoms with van der Waals surface area (Å²) in [4.78, 5) is 0. The zero-order valence-electron chi connectivity index (χ0n) is 7.52. The van der Waals surface area contributed by atoms with E-state index in [-0.39, 0.29) is 0 Å². The Kier molecular flexibility index (Phi) is 7.72. The Labute approximate surface area is 69.8 Å². The van der Waals surface area contributed by atoms with Crippen LogP contribution in [0.15, 0.2) is 0 Å². The van der Waals surface area contributed by atoms with Gasteiger partial charge in [0.25, 0.3) is 0 Å². The van der Waals surface area contributed by atoms with Gasteiger partial charge in [-0.3, -0.25) is 0 Å². The highest BCUT2D eigenvalue weighted by molar-refractivity contribution is 7.99. The summed E-state index contributed by atoms with van der Waals surface area (Å²) in [7, 11) is 0. The fourth-order valence-electron chi connectivity index (χ4n) is 1.29. The summed E-state index contributed by atoms with van der Waals surface area (Å²) in [5.74, 6) is 1.31. The Morgan fingerprint density at radius 2 is 1.70 bits per heavy atom. The minimum absolute atomic E-state index is 1.03. The second-order valence-electron chi connectivity index (χ2n) is 2.36. The van der Waals surface area contributed by atoms with E-state index >= 15 is 0 Å². The van der Waals surface area contributed by atoms with Gasteiger partial charge in [-0.05, 0) is 18.6 Å². The molecule has 62 valence electrons. The monoisotopic (exact) mass is 160 g/mol. The van der Waals surface area contributed by atoms with Crippen molar-refractivity contribution in [2.45, 2.75) is 51.7 Å². The van der Waals surface area contributed by atoms with Gasteiger partial charge < -0.3 is 0 Å². The van der Waals surface area contributed by atoms with Crippen molar-refractivity contribution in [2.24, 2.45) is 0 Å². The average Bonchev–Trinajstić information content (AvgIpc) is 2.46.